The van der Waals surface area contributed by atoms with Gasteiger partial charge in [-0.25, -0.2) is 8.42 Å². The molecule has 0 amide bonds. The summed E-state index contributed by atoms with van der Waals surface area (Å²) in [5, 5.41) is 4.49. The van der Waals surface area contributed by atoms with Crippen molar-refractivity contribution in [1.82, 2.24) is 5.16 Å². The average molecular weight is 446 g/mol. The number of ether oxygens (including phenoxy) is 4. The highest BCUT2D eigenvalue weighted by atomic mass is 32.2. The van der Waals surface area contributed by atoms with E-state index in [0.717, 1.165) is 37.0 Å². The molecule has 0 bridgehead atoms. The quantitative estimate of drug-likeness (QED) is 0.613. The highest BCUT2D eigenvalue weighted by Crippen LogP contribution is 2.45. The van der Waals surface area contributed by atoms with Gasteiger partial charge >= 0.3 is 0 Å². The number of sulfonamides is 1. The molecule has 164 valence electrons. The lowest BCUT2D eigenvalue weighted by atomic mass is 9.96. The second kappa shape index (κ2) is 7.61. The van der Waals surface area contributed by atoms with Crippen LogP contribution < -0.4 is 18.9 Å². The minimum atomic E-state index is -4.11. The molecule has 1 N–H and O–H groups in total. The van der Waals surface area contributed by atoms with E-state index < -0.39 is 10.0 Å². The van der Waals surface area contributed by atoms with Crippen molar-refractivity contribution in [2.45, 2.75) is 30.3 Å². The molecule has 2 aromatic carbocycles. The van der Waals surface area contributed by atoms with Crippen LogP contribution in [0.4, 0.5) is 5.82 Å². The Labute approximate surface area is 179 Å². The van der Waals surface area contributed by atoms with Crippen molar-refractivity contribution in [2.24, 2.45) is 0 Å². The summed E-state index contributed by atoms with van der Waals surface area (Å²) in [6.45, 7) is 1.23. The van der Waals surface area contributed by atoms with Crippen LogP contribution in [0.1, 0.15) is 30.1 Å². The lowest BCUT2D eigenvalue weighted by Gasteiger charge is -2.15. The molecule has 3 heterocycles. The molecule has 1 fully saturated rings. The molecule has 2 aliphatic rings. The van der Waals surface area contributed by atoms with E-state index in [2.05, 4.69) is 9.88 Å². The Morgan fingerprint density at radius 1 is 1.16 bits per heavy atom. The molecule has 1 saturated heterocycles. The standard InChI is InChI=1S/C21H22N2O7S/c1-26-15-5-3-6-16(27-2)20(15)31(24,25)23-21-18-17(30-22-21)11-13(14-7-4-9-28-14)12-8-10-29-19(12)18/h3,5-6,11,14H,4,7-10H2,1-2H3,(H,22,23)/t14-/m0/s1. The SMILES string of the molecule is COc1cccc(OC)c1S(=O)(=O)Nc1noc2cc([C@@H]3CCCO3)c3c(c12)OCC3. The molecule has 1 atom stereocenters. The first kappa shape index (κ1) is 20.0. The van der Waals surface area contributed by atoms with Crippen LogP contribution >= 0.6 is 0 Å². The fourth-order valence-corrected chi connectivity index (χ4v) is 5.57. The molecule has 0 aliphatic carbocycles. The predicted molar refractivity (Wildman–Crippen MR) is 111 cm³/mol. The fourth-order valence-electron chi connectivity index (χ4n) is 4.24. The number of nitrogens with zero attached hydrogens (tertiary/aromatic N) is 1. The molecule has 3 aromatic rings. The van der Waals surface area contributed by atoms with Crippen LogP contribution in [0, 0.1) is 0 Å². The number of hydrogen-bond donors (Lipinski definition) is 1. The van der Waals surface area contributed by atoms with E-state index in [1.54, 1.807) is 18.2 Å². The van der Waals surface area contributed by atoms with Crippen LogP contribution in [0.25, 0.3) is 11.0 Å². The second-order valence-electron chi connectivity index (χ2n) is 7.38. The molecule has 5 rings (SSSR count). The third kappa shape index (κ3) is 3.26. The van der Waals surface area contributed by atoms with Gasteiger partial charge in [0.15, 0.2) is 16.3 Å². The van der Waals surface area contributed by atoms with Gasteiger partial charge in [0.25, 0.3) is 10.0 Å². The second-order valence-corrected chi connectivity index (χ2v) is 8.99. The summed E-state index contributed by atoms with van der Waals surface area (Å²) in [7, 11) is -1.32. The number of nitrogens with one attached hydrogen (secondary N) is 1. The molecule has 10 heteroatoms. The van der Waals surface area contributed by atoms with Crippen molar-refractivity contribution in [1.29, 1.82) is 0 Å². The highest BCUT2D eigenvalue weighted by Gasteiger charge is 2.32. The molecule has 0 spiro atoms. The van der Waals surface area contributed by atoms with Crippen LogP contribution in [0.15, 0.2) is 33.7 Å². The van der Waals surface area contributed by atoms with Crippen molar-refractivity contribution in [3.05, 3.63) is 35.4 Å². The normalized spacial score (nSPS) is 18.1. The van der Waals surface area contributed by atoms with Gasteiger partial charge < -0.3 is 23.5 Å². The maximum atomic E-state index is 13.3. The summed E-state index contributed by atoms with van der Waals surface area (Å²) >= 11 is 0. The summed E-state index contributed by atoms with van der Waals surface area (Å²) in [5.41, 5.74) is 2.48. The summed E-state index contributed by atoms with van der Waals surface area (Å²) in [6.07, 6.45) is 2.64. The Kier molecular flexibility index (Phi) is 4.90. The van der Waals surface area contributed by atoms with Gasteiger partial charge in [-0.05, 0) is 36.6 Å². The molecular weight excluding hydrogens is 424 g/mol. The van der Waals surface area contributed by atoms with Gasteiger partial charge in [0.1, 0.15) is 22.6 Å². The third-order valence-electron chi connectivity index (χ3n) is 5.61. The van der Waals surface area contributed by atoms with Gasteiger partial charge in [-0.2, -0.15) is 0 Å². The minimum Gasteiger partial charge on any atom is -0.495 e. The summed E-state index contributed by atoms with van der Waals surface area (Å²) in [6, 6.07) is 6.63. The molecule has 0 radical (unpaired) electrons. The van der Waals surface area contributed by atoms with E-state index in [1.807, 2.05) is 6.07 Å². The highest BCUT2D eigenvalue weighted by molar-refractivity contribution is 7.93. The summed E-state index contributed by atoms with van der Waals surface area (Å²) in [5.74, 6) is 0.956. The van der Waals surface area contributed by atoms with Crippen LogP contribution in [0.3, 0.4) is 0 Å². The van der Waals surface area contributed by atoms with Crippen LogP contribution in [-0.2, 0) is 21.2 Å². The summed E-state index contributed by atoms with van der Waals surface area (Å²) < 4.78 is 56.8. The van der Waals surface area contributed by atoms with Gasteiger partial charge in [-0.15, -0.1) is 0 Å². The number of fused-ring (bicyclic) bond motifs is 3. The minimum absolute atomic E-state index is 0.0112. The maximum absolute atomic E-state index is 13.3. The zero-order valence-corrected chi connectivity index (χ0v) is 18.0. The van der Waals surface area contributed by atoms with E-state index in [1.165, 1.54) is 14.2 Å². The molecule has 2 aliphatic heterocycles. The van der Waals surface area contributed by atoms with Crippen molar-refractivity contribution in [3.8, 4) is 17.2 Å². The van der Waals surface area contributed by atoms with Gasteiger partial charge in [-0.3, -0.25) is 4.72 Å². The number of methoxy groups -OCH3 is 2. The average Bonchev–Trinajstić information content (AvgIpc) is 3.52. The van der Waals surface area contributed by atoms with E-state index >= 15 is 0 Å². The smallest absolute Gasteiger partial charge is 0.270 e. The molecule has 1 aromatic heterocycles. The zero-order valence-electron chi connectivity index (χ0n) is 17.1. The van der Waals surface area contributed by atoms with Crippen LogP contribution in [0.5, 0.6) is 17.2 Å². The fraction of sp³-hybridized carbons (Fsp3) is 0.381. The largest absolute Gasteiger partial charge is 0.495 e. The molecule has 0 saturated carbocycles. The van der Waals surface area contributed by atoms with E-state index in [9.17, 15) is 8.42 Å². The number of rotatable bonds is 6. The monoisotopic (exact) mass is 446 g/mol. The maximum Gasteiger partial charge on any atom is 0.270 e. The first-order chi connectivity index (χ1) is 15.0. The van der Waals surface area contributed by atoms with Crippen LogP contribution in [-0.4, -0.2) is 41.0 Å². The van der Waals surface area contributed by atoms with Gasteiger partial charge in [0.05, 0.1) is 26.9 Å². The number of hydrogen-bond acceptors (Lipinski definition) is 8. The first-order valence-electron chi connectivity index (χ1n) is 9.97. The Morgan fingerprint density at radius 3 is 2.61 bits per heavy atom. The Morgan fingerprint density at radius 2 is 1.94 bits per heavy atom. The molecular formula is C21H22N2O7S. The Hall–Kier alpha value is -2.98. The van der Waals surface area contributed by atoms with E-state index in [-0.39, 0.29) is 28.3 Å². The van der Waals surface area contributed by atoms with E-state index in [4.69, 9.17) is 23.5 Å². The van der Waals surface area contributed by atoms with Crippen molar-refractivity contribution < 1.29 is 31.9 Å². The zero-order chi connectivity index (χ0) is 21.6. The lowest BCUT2D eigenvalue weighted by Crippen LogP contribution is -2.15. The first-order valence-corrected chi connectivity index (χ1v) is 11.4. The topological polar surface area (TPSA) is 109 Å². The van der Waals surface area contributed by atoms with Crippen molar-refractivity contribution >= 4 is 26.8 Å². The lowest BCUT2D eigenvalue weighted by molar-refractivity contribution is 0.111. The van der Waals surface area contributed by atoms with Crippen LogP contribution in [0.2, 0.25) is 0 Å². The summed E-state index contributed by atoms with van der Waals surface area (Å²) in [4.78, 5) is -0.121. The predicted octanol–water partition coefficient (Wildman–Crippen LogP) is 3.43. The third-order valence-corrected chi connectivity index (χ3v) is 7.01. The van der Waals surface area contributed by atoms with Crippen molar-refractivity contribution in [3.63, 3.8) is 0 Å². The van der Waals surface area contributed by atoms with Gasteiger partial charge in [-0.1, -0.05) is 11.2 Å². The molecule has 9 nitrogen and oxygen atoms in total. The Balaban J connectivity index is 1.61. The van der Waals surface area contributed by atoms with Gasteiger partial charge in [0, 0.05) is 18.6 Å². The number of benzene rings is 2. The molecule has 31 heavy (non-hydrogen) atoms. The Bertz CT molecular complexity index is 1220. The van der Waals surface area contributed by atoms with Crippen molar-refractivity contribution in [2.75, 3.05) is 32.2 Å². The number of anilines is 1. The number of aromatic nitrogens is 1. The van der Waals surface area contributed by atoms with Gasteiger partial charge in [0.2, 0.25) is 0 Å². The van der Waals surface area contributed by atoms with E-state index in [0.29, 0.717) is 23.3 Å². The molecule has 0 unspecified atom stereocenters.